The van der Waals surface area contributed by atoms with Crippen molar-refractivity contribution < 1.29 is 22.4 Å². The fourth-order valence-corrected chi connectivity index (χ4v) is 5.22. The molecule has 3 rings (SSSR count). The highest BCUT2D eigenvalue weighted by Gasteiger charge is 2.33. The first-order chi connectivity index (χ1) is 13.5. The van der Waals surface area contributed by atoms with E-state index >= 15 is 0 Å². The zero-order valence-electron chi connectivity index (χ0n) is 14.6. The molecule has 3 aromatic heterocycles. The molecule has 0 aliphatic heterocycles. The van der Waals surface area contributed by atoms with Crippen LogP contribution in [0, 0.1) is 0 Å². The van der Waals surface area contributed by atoms with Gasteiger partial charge in [-0.05, 0) is 41.3 Å². The average Bonchev–Trinajstić information content (AvgIpc) is 3.41. The van der Waals surface area contributed by atoms with Gasteiger partial charge >= 0.3 is 11.8 Å². The van der Waals surface area contributed by atoms with Crippen LogP contribution in [0.25, 0.3) is 0 Å². The highest BCUT2D eigenvalue weighted by molar-refractivity contribution is 7.93. The Kier molecular flexibility index (Phi) is 6.22. The highest BCUT2D eigenvalue weighted by atomic mass is 32.2. The Hall–Kier alpha value is -2.98. The molecule has 10 heteroatoms. The Balaban J connectivity index is 1.65. The standard InChI is InChI=1S/C18H17N3O5S2/c22-17(20-11-13-5-7-19-8-6-13)18(23)21-12-15(14-3-1-9-26-14)28(24,25)16-4-2-10-27-16/h1-10,15H,11-12H2,(H,20,22)(H,21,23)/t15-/m1/s1. The second-order valence-corrected chi connectivity index (χ2v) is 9.03. The Labute approximate surface area is 165 Å². The lowest BCUT2D eigenvalue weighted by atomic mass is 10.2. The molecule has 28 heavy (non-hydrogen) atoms. The van der Waals surface area contributed by atoms with Crippen molar-refractivity contribution in [3.05, 3.63) is 71.8 Å². The predicted molar refractivity (Wildman–Crippen MR) is 102 cm³/mol. The summed E-state index contributed by atoms with van der Waals surface area (Å²) in [6, 6.07) is 9.61. The summed E-state index contributed by atoms with van der Waals surface area (Å²) < 4.78 is 31.2. The first-order valence-electron chi connectivity index (χ1n) is 8.24. The number of sulfone groups is 1. The van der Waals surface area contributed by atoms with Crippen molar-refractivity contribution in [1.29, 1.82) is 0 Å². The number of nitrogens with zero attached hydrogens (tertiary/aromatic N) is 1. The van der Waals surface area contributed by atoms with Gasteiger partial charge in [-0.1, -0.05) is 6.07 Å². The van der Waals surface area contributed by atoms with Gasteiger partial charge in [-0.2, -0.15) is 0 Å². The van der Waals surface area contributed by atoms with E-state index in [9.17, 15) is 18.0 Å². The van der Waals surface area contributed by atoms with Gasteiger partial charge in [-0.3, -0.25) is 14.6 Å². The lowest BCUT2D eigenvalue weighted by Crippen LogP contribution is -2.42. The molecule has 0 aliphatic rings. The Morgan fingerprint density at radius 3 is 2.46 bits per heavy atom. The van der Waals surface area contributed by atoms with E-state index in [1.807, 2.05) is 0 Å². The Morgan fingerprint density at radius 2 is 1.82 bits per heavy atom. The number of hydrogen-bond acceptors (Lipinski definition) is 7. The van der Waals surface area contributed by atoms with Crippen LogP contribution >= 0.6 is 11.3 Å². The van der Waals surface area contributed by atoms with Crippen molar-refractivity contribution in [2.24, 2.45) is 0 Å². The first kappa shape index (κ1) is 19.8. The zero-order valence-corrected chi connectivity index (χ0v) is 16.2. The van der Waals surface area contributed by atoms with E-state index in [1.165, 1.54) is 18.4 Å². The Bertz CT molecular complexity index is 1020. The van der Waals surface area contributed by atoms with Gasteiger partial charge in [-0.25, -0.2) is 8.42 Å². The van der Waals surface area contributed by atoms with Gasteiger partial charge in [0.15, 0.2) is 9.84 Å². The van der Waals surface area contributed by atoms with Crippen LogP contribution in [-0.4, -0.2) is 31.8 Å². The zero-order chi connectivity index (χ0) is 20.0. The molecule has 3 heterocycles. The third-order valence-corrected chi connectivity index (χ3v) is 7.36. The van der Waals surface area contributed by atoms with Crippen molar-refractivity contribution in [1.82, 2.24) is 15.6 Å². The predicted octanol–water partition coefficient (Wildman–Crippen LogP) is 1.68. The molecular weight excluding hydrogens is 402 g/mol. The number of hydrogen-bond donors (Lipinski definition) is 2. The number of carbonyl (C=O) groups excluding carboxylic acids is 2. The molecule has 0 aliphatic carbocycles. The molecule has 0 saturated carbocycles. The number of pyridine rings is 1. The summed E-state index contributed by atoms with van der Waals surface area (Å²) in [4.78, 5) is 27.9. The van der Waals surface area contributed by atoms with Gasteiger partial charge < -0.3 is 15.1 Å². The minimum atomic E-state index is -3.79. The van der Waals surface area contributed by atoms with Crippen LogP contribution in [0.3, 0.4) is 0 Å². The molecule has 2 N–H and O–H groups in total. The maximum atomic E-state index is 12.9. The van der Waals surface area contributed by atoms with Gasteiger partial charge in [-0.15, -0.1) is 11.3 Å². The van der Waals surface area contributed by atoms with Gasteiger partial charge in [0.25, 0.3) is 0 Å². The van der Waals surface area contributed by atoms with Crippen molar-refractivity contribution in [3.8, 4) is 0 Å². The molecule has 1 atom stereocenters. The molecule has 0 fully saturated rings. The molecule has 2 amide bonds. The van der Waals surface area contributed by atoms with Crippen molar-refractivity contribution in [3.63, 3.8) is 0 Å². The number of aromatic nitrogens is 1. The summed E-state index contributed by atoms with van der Waals surface area (Å²) in [7, 11) is -3.79. The quantitative estimate of drug-likeness (QED) is 0.563. The number of nitrogens with one attached hydrogen (secondary N) is 2. The molecule has 0 aromatic carbocycles. The van der Waals surface area contributed by atoms with Gasteiger partial charge in [0.1, 0.15) is 15.2 Å². The third-order valence-electron chi connectivity index (χ3n) is 3.87. The van der Waals surface area contributed by atoms with Crippen molar-refractivity contribution in [2.45, 2.75) is 16.0 Å². The van der Waals surface area contributed by atoms with E-state index in [0.29, 0.717) is 0 Å². The molecule has 146 valence electrons. The Morgan fingerprint density at radius 1 is 1.07 bits per heavy atom. The molecule has 0 radical (unpaired) electrons. The van der Waals surface area contributed by atoms with Crippen LogP contribution in [-0.2, 0) is 26.0 Å². The molecule has 3 aromatic rings. The molecular formula is C18H17N3O5S2. The molecule has 8 nitrogen and oxygen atoms in total. The van der Waals surface area contributed by atoms with E-state index in [-0.39, 0.29) is 23.1 Å². The summed E-state index contributed by atoms with van der Waals surface area (Å²) in [5, 5.41) is 5.36. The largest absolute Gasteiger partial charge is 0.468 e. The van der Waals surface area contributed by atoms with E-state index in [2.05, 4.69) is 15.6 Å². The number of furan rings is 1. The smallest absolute Gasteiger partial charge is 0.309 e. The summed E-state index contributed by atoms with van der Waals surface area (Å²) in [5.74, 6) is -1.60. The number of carbonyl (C=O) groups is 2. The summed E-state index contributed by atoms with van der Waals surface area (Å²) in [6.45, 7) is -0.140. The minimum Gasteiger partial charge on any atom is -0.468 e. The van der Waals surface area contributed by atoms with Gasteiger partial charge in [0, 0.05) is 25.5 Å². The summed E-state index contributed by atoms with van der Waals surface area (Å²) in [5.41, 5.74) is 0.782. The molecule has 0 spiro atoms. The molecule has 0 unspecified atom stereocenters. The van der Waals surface area contributed by atoms with Crippen LogP contribution in [0.5, 0.6) is 0 Å². The maximum Gasteiger partial charge on any atom is 0.309 e. The number of amides is 2. The molecule has 0 saturated heterocycles. The van der Waals surface area contributed by atoms with Gasteiger partial charge in [0.2, 0.25) is 0 Å². The van der Waals surface area contributed by atoms with E-state index in [4.69, 9.17) is 4.42 Å². The van der Waals surface area contributed by atoms with Crippen LogP contribution in [0.1, 0.15) is 16.6 Å². The monoisotopic (exact) mass is 419 g/mol. The lowest BCUT2D eigenvalue weighted by Gasteiger charge is -2.15. The minimum absolute atomic E-state index is 0.157. The first-order valence-corrected chi connectivity index (χ1v) is 10.7. The van der Waals surface area contributed by atoms with Crippen LogP contribution in [0.15, 0.2) is 69.1 Å². The topological polar surface area (TPSA) is 118 Å². The van der Waals surface area contributed by atoms with E-state index < -0.39 is 26.9 Å². The van der Waals surface area contributed by atoms with Crippen LogP contribution in [0.2, 0.25) is 0 Å². The van der Waals surface area contributed by atoms with Crippen molar-refractivity contribution in [2.75, 3.05) is 6.54 Å². The second-order valence-electron chi connectivity index (χ2n) is 5.73. The second kappa shape index (κ2) is 8.81. The van der Waals surface area contributed by atoms with Gasteiger partial charge in [0.05, 0.1) is 6.26 Å². The number of thiophene rings is 1. The lowest BCUT2D eigenvalue weighted by molar-refractivity contribution is -0.139. The normalized spacial score (nSPS) is 12.3. The fraction of sp³-hybridized carbons (Fsp3) is 0.167. The number of rotatable bonds is 7. The summed E-state index contributed by atoms with van der Waals surface area (Å²) in [6.07, 6.45) is 4.51. The third kappa shape index (κ3) is 4.65. The van der Waals surface area contributed by atoms with Crippen LogP contribution in [0.4, 0.5) is 0 Å². The SMILES string of the molecule is O=C(NCc1ccncc1)C(=O)NC[C@H](c1ccco1)S(=O)(=O)c1cccs1. The highest BCUT2D eigenvalue weighted by Crippen LogP contribution is 2.31. The molecule has 0 bridgehead atoms. The van der Waals surface area contributed by atoms with Crippen molar-refractivity contribution >= 4 is 33.0 Å². The maximum absolute atomic E-state index is 12.9. The average molecular weight is 419 g/mol. The summed E-state index contributed by atoms with van der Waals surface area (Å²) >= 11 is 1.08. The van der Waals surface area contributed by atoms with E-state index in [0.717, 1.165) is 16.9 Å². The fourth-order valence-electron chi connectivity index (χ4n) is 2.43. The van der Waals surface area contributed by atoms with Crippen LogP contribution < -0.4 is 10.6 Å². The van der Waals surface area contributed by atoms with E-state index in [1.54, 1.807) is 42.0 Å².